The molecule has 0 aliphatic rings. The summed E-state index contributed by atoms with van der Waals surface area (Å²) in [5.74, 6) is 0.368. The Hall–Kier alpha value is -3.38. The average Bonchev–Trinajstić information content (AvgIpc) is 3.12. The number of nitrogens with one attached hydrogen (secondary N) is 1. The normalized spacial score (nSPS) is 10.9. The number of nitrogens with zero attached hydrogens (tertiary/aromatic N) is 2. The molecule has 4 aromatic rings. The number of fused-ring (bicyclic) bond motifs is 1. The Bertz CT molecular complexity index is 1240. The number of rotatable bonds is 7. The van der Waals surface area contributed by atoms with Crippen molar-refractivity contribution in [2.24, 2.45) is 0 Å². The van der Waals surface area contributed by atoms with Gasteiger partial charge in [0.05, 0.1) is 29.7 Å². The van der Waals surface area contributed by atoms with E-state index in [1.165, 1.54) is 12.1 Å². The van der Waals surface area contributed by atoms with Gasteiger partial charge in [0.1, 0.15) is 24.0 Å². The molecule has 5 nitrogen and oxygen atoms in total. The van der Waals surface area contributed by atoms with Crippen molar-refractivity contribution in [2.45, 2.75) is 20.0 Å². The van der Waals surface area contributed by atoms with Gasteiger partial charge in [-0.05, 0) is 55.0 Å². The van der Waals surface area contributed by atoms with Crippen molar-refractivity contribution in [3.63, 3.8) is 0 Å². The number of imidazole rings is 1. The zero-order valence-electron chi connectivity index (χ0n) is 16.9. The number of carbonyl (C=O) groups is 1. The van der Waals surface area contributed by atoms with Gasteiger partial charge in [0.2, 0.25) is 0 Å². The number of hydrogen-bond donors (Lipinski definition) is 1. The Morgan fingerprint density at radius 3 is 2.71 bits per heavy atom. The Morgan fingerprint density at radius 1 is 1.13 bits per heavy atom. The van der Waals surface area contributed by atoms with Gasteiger partial charge < -0.3 is 14.6 Å². The summed E-state index contributed by atoms with van der Waals surface area (Å²) in [4.78, 5) is 17.0. The predicted octanol–water partition coefficient (Wildman–Crippen LogP) is 5.15. The third kappa shape index (κ3) is 4.70. The van der Waals surface area contributed by atoms with E-state index in [1.807, 2.05) is 54.0 Å². The molecular weight excluding hydrogens is 417 g/mol. The summed E-state index contributed by atoms with van der Waals surface area (Å²) in [7, 11) is 0. The molecule has 0 saturated heterocycles. The lowest BCUT2D eigenvalue weighted by Crippen LogP contribution is -2.26. The van der Waals surface area contributed by atoms with E-state index in [0.29, 0.717) is 24.0 Å². The second-order valence-corrected chi connectivity index (χ2v) is 7.50. The van der Waals surface area contributed by atoms with Crippen LogP contribution in [0.1, 0.15) is 21.7 Å². The fraction of sp³-hybridized carbons (Fsp3) is 0.167. The topological polar surface area (TPSA) is 56.1 Å². The van der Waals surface area contributed by atoms with Crippen LogP contribution in [-0.4, -0.2) is 22.1 Å². The molecule has 0 unspecified atom stereocenters. The molecule has 31 heavy (non-hydrogen) atoms. The highest BCUT2D eigenvalue weighted by Crippen LogP contribution is 2.21. The number of para-hydroxylation sites is 2. The van der Waals surface area contributed by atoms with E-state index in [2.05, 4.69) is 10.3 Å². The van der Waals surface area contributed by atoms with E-state index in [1.54, 1.807) is 12.1 Å². The van der Waals surface area contributed by atoms with Crippen LogP contribution in [0.15, 0.2) is 66.7 Å². The van der Waals surface area contributed by atoms with Crippen LogP contribution < -0.4 is 10.1 Å². The summed E-state index contributed by atoms with van der Waals surface area (Å²) in [5, 5.41) is 3.46. The van der Waals surface area contributed by atoms with E-state index in [9.17, 15) is 9.18 Å². The fourth-order valence-corrected chi connectivity index (χ4v) is 3.49. The number of amides is 1. The van der Waals surface area contributed by atoms with E-state index < -0.39 is 11.7 Å². The smallest absolute Gasteiger partial charge is 0.254 e. The van der Waals surface area contributed by atoms with E-state index >= 15 is 0 Å². The first-order chi connectivity index (χ1) is 15.0. The van der Waals surface area contributed by atoms with E-state index in [4.69, 9.17) is 16.3 Å². The third-order valence-corrected chi connectivity index (χ3v) is 5.40. The molecule has 0 bridgehead atoms. The molecule has 1 amide bonds. The van der Waals surface area contributed by atoms with Gasteiger partial charge in [0.15, 0.2) is 0 Å². The first-order valence-corrected chi connectivity index (χ1v) is 10.3. The summed E-state index contributed by atoms with van der Waals surface area (Å²) < 4.78 is 21.8. The molecular formula is C24H21ClFN3O2. The minimum absolute atomic E-state index is 0.00611. The monoisotopic (exact) mass is 437 g/mol. The number of hydrogen-bond acceptors (Lipinski definition) is 3. The minimum Gasteiger partial charge on any atom is -0.492 e. The number of carbonyl (C=O) groups excluding carboxylic acids is 1. The van der Waals surface area contributed by atoms with Crippen LogP contribution in [0.5, 0.6) is 5.75 Å². The van der Waals surface area contributed by atoms with Gasteiger partial charge in [-0.3, -0.25) is 4.79 Å². The van der Waals surface area contributed by atoms with Crippen molar-refractivity contribution in [3.8, 4) is 5.75 Å². The first-order valence-electron chi connectivity index (χ1n) is 9.89. The molecule has 3 aromatic carbocycles. The Morgan fingerprint density at radius 2 is 1.90 bits per heavy atom. The van der Waals surface area contributed by atoms with Gasteiger partial charge in [0.25, 0.3) is 5.91 Å². The summed E-state index contributed by atoms with van der Waals surface area (Å²) in [5.41, 5.74) is 2.71. The van der Waals surface area contributed by atoms with Crippen molar-refractivity contribution < 1.29 is 13.9 Å². The van der Waals surface area contributed by atoms with Crippen LogP contribution in [0, 0.1) is 12.7 Å². The van der Waals surface area contributed by atoms with Gasteiger partial charge in [0, 0.05) is 5.02 Å². The van der Waals surface area contributed by atoms with Crippen molar-refractivity contribution in [2.75, 3.05) is 6.61 Å². The summed E-state index contributed by atoms with van der Waals surface area (Å²) in [6.07, 6.45) is 0. The molecule has 7 heteroatoms. The lowest BCUT2D eigenvalue weighted by molar-refractivity contribution is 0.0945. The maximum absolute atomic E-state index is 13.9. The third-order valence-electron chi connectivity index (χ3n) is 4.97. The quantitative estimate of drug-likeness (QED) is 0.435. The Labute approximate surface area is 184 Å². The molecule has 1 heterocycles. The lowest BCUT2D eigenvalue weighted by atomic mass is 10.2. The molecule has 4 rings (SSSR count). The Kier molecular flexibility index (Phi) is 6.18. The molecule has 1 N–H and O–H groups in total. The van der Waals surface area contributed by atoms with Gasteiger partial charge in [-0.25, -0.2) is 9.37 Å². The molecule has 0 spiro atoms. The SMILES string of the molecule is Cc1cc(OCCn2c(CNC(=O)c3ccccc3F)nc3ccccc32)ccc1Cl. The second kappa shape index (κ2) is 9.18. The van der Waals surface area contributed by atoms with Crippen molar-refractivity contribution in [1.29, 1.82) is 0 Å². The number of halogens is 2. The highest BCUT2D eigenvalue weighted by Gasteiger charge is 2.14. The maximum Gasteiger partial charge on any atom is 0.254 e. The lowest BCUT2D eigenvalue weighted by Gasteiger charge is -2.12. The fourth-order valence-electron chi connectivity index (χ4n) is 3.37. The number of aryl methyl sites for hydroxylation is 1. The van der Waals surface area contributed by atoms with Crippen LogP contribution in [-0.2, 0) is 13.1 Å². The highest BCUT2D eigenvalue weighted by atomic mass is 35.5. The molecule has 0 atom stereocenters. The standard InChI is InChI=1S/C24H21ClFN3O2/c1-16-14-17(10-11-19(16)25)31-13-12-29-22-9-5-4-8-21(22)28-23(29)15-27-24(30)18-6-2-3-7-20(18)26/h2-11,14H,12-13,15H2,1H3,(H,27,30). The van der Waals surface area contributed by atoms with Crippen LogP contribution in [0.4, 0.5) is 4.39 Å². The second-order valence-electron chi connectivity index (χ2n) is 7.09. The van der Waals surface area contributed by atoms with Crippen molar-refractivity contribution in [3.05, 3.63) is 94.5 Å². The van der Waals surface area contributed by atoms with E-state index in [0.717, 1.165) is 22.3 Å². The molecule has 0 aliphatic carbocycles. The van der Waals surface area contributed by atoms with Crippen LogP contribution >= 0.6 is 11.6 Å². The molecule has 158 valence electrons. The van der Waals surface area contributed by atoms with Crippen LogP contribution in [0.2, 0.25) is 5.02 Å². The van der Waals surface area contributed by atoms with Crippen LogP contribution in [0.25, 0.3) is 11.0 Å². The molecule has 0 saturated carbocycles. The van der Waals surface area contributed by atoms with Crippen molar-refractivity contribution >= 4 is 28.5 Å². The zero-order valence-corrected chi connectivity index (χ0v) is 17.7. The van der Waals surface area contributed by atoms with Gasteiger partial charge in [-0.1, -0.05) is 35.9 Å². The number of aromatic nitrogens is 2. The summed E-state index contributed by atoms with van der Waals surface area (Å²) in [6.45, 7) is 3.04. The molecule has 0 fully saturated rings. The molecule has 1 aromatic heterocycles. The zero-order chi connectivity index (χ0) is 21.8. The predicted molar refractivity (Wildman–Crippen MR) is 119 cm³/mol. The van der Waals surface area contributed by atoms with E-state index in [-0.39, 0.29) is 12.1 Å². The average molecular weight is 438 g/mol. The van der Waals surface area contributed by atoms with Gasteiger partial charge in [-0.15, -0.1) is 0 Å². The Balaban J connectivity index is 1.49. The number of benzene rings is 3. The van der Waals surface area contributed by atoms with Crippen LogP contribution in [0.3, 0.4) is 0 Å². The maximum atomic E-state index is 13.9. The first kappa shape index (κ1) is 20.9. The highest BCUT2D eigenvalue weighted by molar-refractivity contribution is 6.31. The largest absolute Gasteiger partial charge is 0.492 e. The van der Waals surface area contributed by atoms with Gasteiger partial charge in [-0.2, -0.15) is 0 Å². The number of ether oxygens (including phenoxy) is 1. The summed E-state index contributed by atoms with van der Waals surface area (Å²) >= 11 is 6.07. The molecule has 0 radical (unpaired) electrons. The summed E-state index contributed by atoms with van der Waals surface area (Å²) in [6, 6.07) is 19.2. The molecule has 0 aliphatic heterocycles. The minimum atomic E-state index is -0.555. The van der Waals surface area contributed by atoms with Crippen molar-refractivity contribution in [1.82, 2.24) is 14.9 Å². The van der Waals surface area contributed by atoms with Gasteiger partial charge >= 0.3 is 0 Å².